The number of rotatable bonds is 5. The zero-order chi connectivity index (χ0) is 33.1. The summed E-state index contributed by atoms with van der Waals surface area (Å²) < 4.78 is 0. The average molecular weight is 636 g/mol. The van der Waals surface area contributed by atoms with Gasteiger partial charge in [-0.2, -0.15) is 0 Å². The maximum Gasteiger partial charge on any atom is 0.0726 e. The molecule has 0 saturated heterocycles. The Bertz CT molecular complexity index is 2480. The Morgan fingerprint density at radius 2 is 0.720 bits per heavy atom. The molecule has 0 atom stereocenters. The van der Waals surface area contributed by atoms with E-state index in [1.165, 1.54) is 72.4 Å². The van der Waals surface area contributed by atoms with Crippen LogP contribution in [0.2, 0.25) is 0 Å². The number of benzene rings is 8. The van der Waals surface area contributed by atoms with E-state index in [9.17, 15) is 0 Å². The van der Waals surface area contributed by atoms with Crippen molar-refractivity contribution in [3.63, 3.8) is 0 Å². The second kappa shape index (κ2) is 11.3. The van der Waals surface area contributed by atoms with Crippen molar-refractivity contribution in [2.45, 2.75) is 5.41 Å². The molecule has 0 bridgehead atoms. The molecule has 0 N–H and O–H groups in total. The van der Waals surface area contributed by atoms with Gasteiger partial charge in [0.05, 0.1) is 16.8 Å². The molecule has 2 aliphatic carbocycles. The minimum absolute atomic E-state index is 0.406. The summed E-state index contributed by atoms with van der Waals surface area (Å²) in [6.45, 7) is 0. The second-order valence-electron chi connectivity index (χ2n) is 13.2. The van der Waals surface area contributed by atoms with Crippen LogP contribution in [0.1, 0.15) is 22.3 Å². The molecule has 0 amide bonds. The molecule has 234 valence electrons. The topological polar surface area (TPSA) is 3.24 Å². The quantitative estimate of drug-likeness (QED) is 0.182. The second-order valence-corrected chi connectivity index (χ2v) is 13.2. The number of hydrogen-bond acceptors (Lipinski definition) is 1. The molecule has 0 radical (unpaired) electrons. The molecule has 50 heavy (non-hydrogen) atoms. The van der Waals surface area contributed by atoms with Gasteiger partial charge >= 0.3 is 0 Å². The molecule has 1 spiro atoms. The molecule has 10 rings (SSSR count). The predicted octanol–water partition coefficient (Wildman–Crippen LogP) is 12.8. The molecule has 1 nitrogen and oxygen atoms in total. The first kappa shape index (κ1) is 28.6. The van der Waals surface area contributed by atoms with Crippen molar-refractivity contribution < 1.29 is 0 Å². The van der Waals surface area contributed by atoms with E-state index in [2.05, 4.69) is 205 Å². The van der Waals surface area contributed by atoms with E-state index in [1.54, 1.807) is 0 Å². The minimum atomic E-state index is -0.406. The van der Waals surface area contributed by atoms with E-state index in [1.807, 2.05) is 0 Å². The normalized spacial score (nSPS) is 13.0. The molecule has 0 saturated carbocycles. The SMILES string of the molecule is c1ccc(-c2ccc(N(c3ccccc3-c3ccccc3)c3cccc4c3-c3ccccc3C43c4ccccc4-c4ccccc43)cc2)cc1. The van der Waals surface area contributed by atoms with E-state index in [0.717, 1.165) is 11.4 Å². The molecular weight excluding hydrogens is 603 g/mol. The van der Waals surface area contributed by atoms with E-state index < -0.39 is 5.41 Å². The molecular formula is C49H33N. The summed E-state index contributed by atoms with van der Waals surface area (Å²) in [4.78, 5) is 2.48. The van der Waals surface area contributed by atoms with E-state index in [0.29, 0.717) is 0 Å². The fraction of sp³-hybridized carbons (Fsp3) is 0.0204. The van der Waals surface area contributed by atoms with Crippen molar-refractivity contribution in [2.24, 2.45) is 0 Å². The van der Waals surface area contributed by atoms with Crippen LogP contribution in [0.5, 0.6) is 0 Å². The number of nitrogens with zero attached hydrogens (tertiary/aromatic N) is 1. The third-order valence-corrected chi connectivity index (χ3v) is 10.7. The highest BCUT2D eigenvalue weighted by Gasteiger charge is 2.52. The number of para-hydroxylation sites is 1. The molecule has 8 aromatic carbocycles. The van der Waals surface area contributed by atoms with Gasteiger partial charge in [0.25, 0.3) is 0 Å². The van der Waals surface area contributed by atoms with Gasteiger partial charge in [0.1, 0.15) is 0 Å². The van der Waals surface area contributed by atoms with Gasteiger partial charge < -0.3 is 4.90 Å². The van der Waals surface area contributed by atoms with Crippen LogP contribution in [0.3, 0.4) is 0 Å². The summed E-state index contributed by atoms with van der Waals surface area (Å²) in [5.74, 6) is 0. The molecule has 0 unspecified atom stereocenters. The minimum Gasteiger partial charge on any atom is -0.309 e. The largest absolute Gasteiger partial charge is 0.309 e. The van der Waals surface area contributed by atoms with Crippen molar-refractivity contribution in [2.75, 3.05) is 4.90 Å². The molecule has 1 heteroatoms. The summed E-state index contributed by atoms with van der Waals surface area (Å²) in [5.41, 5.74) is 18.4. The van der Waals surface area contributed by atoms with Gasteiger partial charge in [0, 0.05) is 16.8 Å². The first-order chi connectivity index (χ1) is 24.8. The highest BCUT2D eigenvalue weighted by molar-refractivity contribution is 6.02. The van der Waals surface area contributed by atoms with Crippen molar-refractivity contribution in [3.8, 4) is 44.5 Å². The molecule has 0 aliphatic heterocycles. The van der Waals surface area contributed by atoms with Gasteiger partial charge in [0.2, 0.25) is 0 Å². The third-order valence-electron chi connectivity index (χ3n) is 10.7. The van der Waals surface area contributed by atoms with E-state index in [-0.39, 0.29) is 0 Å². The van der Waals surface area contributed by atoms with Gasteiger partial charge in [-0.3, -0.25) is 0 Å². The lowest BCUT2D eigenvalue weighted by Crippen LogP contribution is -2.26. The maximum atomic E-state index is 2.48. The van der Waals surface area contributed by atoms with Crippen LogP contribution in [-0.2, 0) is 5.41 Å². The Kier molecular flexibility index (Phi) is 6.47. The Morgan fingerprint density at radius 1 is 0.280 bits per heavy atom. The first-order valence-electron chi connectivity index (χ1n) is 17.4. The van der Waals surface area contributed by atoms with Gasteiger partial charge in [0.15, 0.2) is 0 Å². The average Bonchev–Trinajstić information content (AvgIpc) is 3.67. The summed E-state index contributed by atoms with van der Waals surface area (Å²) in [5, 5.41) is 0. The highest BCUT2D eigenvalue weighted by atomic mass is 15.1. The Balaban J connectivity index is 1.27. The van der Waals surface area contributed by atoms with Crippen LogP contribution < -0.4 is 4.90 Å². The van der Waals surface area contributed by atoms with Crippen LogP contribution >= 0.6 is 0 Å². The number of hydrogen-bond donors (Lipinski definition) is 0. The maximum absolute atomic E-state index is 2.48. The van der Waals surface area contributed by atoms with E-state index >= 15 is 0 Å². The lowest BCUT2D eigenvalue weighted by Gasteiger charge is -2.32. The number of fused-ring (bicyclic) bond motifs is 10. The Labute approximate surface area is 293 Å². The van der Waals surface area contributed by atoms with Crippen molar-refractivity contribution >= 4 is 17.1 Å². The first-order valence-corrected chi connectivity index (χ1v) is 17.4. The summed E-state index contributed by atoms with van der Waals surface area (Å²) in [6.07, 6.45) is 0. The lowest BCUT2D eigenvalue weighted by molar-refractivity contribution is 0.794. The van der Waals surface area contributed by atoms with Crippen LogP contribution in [0.4, 0.5) is 17.1 Å². The van der Waals surface area contributed by atoms with Gasteiger partial charge in [-0.05, 0) is 79.9 Å². The van der Waals surface area contributed by atoms with Crippen LogP contribution in [0.15, 0.2) is 200 Å². The molecule has 0 fully saturated rings. The zero-order valence-corrected chi connectivity index (χ0v) is 27.5. The van der Waals surface area contributed by atoms with Gasteiger partial charge in [-0.25, -0.2) is 0 Å². The molecule has 0 aromatic heterocycles. The van der Waals surface area contributed by atoms with Gasteiger partial charge in [-0.15, -0.1) is 0 Å². The zero-order valence-electron chi connectivity index (χ0n) is 27.5. The lowest BCUT2D eigenvalue weighted by atomic mass is 9.70. The standard InChI is InChI=1S/C49H33N/c1-3-16-34(17-4-1)35-30-32-37(33-31-35)50(46-28-14-10-20-38(46)36-18-5-2-6-19-36)47-29-15-27-45-48(47)41-23-9-13-26-44(41)49(45)42-24-11-7-21-39(42)40-22-8-12-25-43(40)49/h1-33H. The fourth-order valence-corrected chi connectivity index (χ4v) is 8.68. The summed E-state index contributed by atoms with van der Waals surface area (Å²) >= 11 is 0. The molecule has 8 aromatic rings. The van der Waals surface area contributed by atoms with Crippen molar-refractivity contribution in [1.29, 1.82) is 0 Å². The summed E-state index contributed by atoms with van der Waals surface area (Å²) in [6, 6.07) is 73.4. The van der Waals surface area contributed by atoms with E-state index in [4.69, 9.17) is 0 Å². The molecule has 0 heterocycles. The molecule has 2 aliphatic rings. The van der Waals surface area contributed by atoms with Crippen LogP contribution in [0.25, 0.3) is 44.5 Å². The van der Waals surface area contributed by atoms with Gasteiger partial charge in [-0.1, -0.05) is 176 Å². The monoisotopic (exact) mass is 635 g/mol. The predicted molar refractivity (Wildman–Crippen MR) is 208 cm³/mol. The van der Waals surface area contributed by atoms with Crippen LogP contribution in [-0.4, -0.2) is 0 Å². The van der Waals surface area contributed by atoms with Crippen molar-refractivity contribution in [3.05, 3.63) is 222 Å². The fourth-order valence-electron chi connectivity index (χ4n) is 8.68. The smallest absolute Gasteiger partial charge is 0.0726 e. The summed E-state index contributed by atoms with van der Waals surface area (Å²) in [7, 11) is 0. The number of anilines is 3. The Hall–Kier alpha value is -6.44. The third kappa shape index (κ3) is 4.07. The Morgan fingerprint density at radius 3 is 1.36 bits per heavy atom. The van der Waals surface area contributed by atoms with Crippen molar-refractivity contribution in [1.82, 2.24) is 0 Å². The highest BCUT2D eigenvalue weighted by Crippen LogP contribution is 2.64. The van der Waals surface area contributed by atoms with Crippen LogP contribution in [0, 0.1) is 0 Å².